The Kier molecular flexibility index (Phi) is 4.37. The quantitative estimate of drug-likeness (QED) is 0.825. The molecule has 0 aliphatic heterocycles. The molecule has 0 aliphatic rings. The zero-order chi connectivity index (χ0) is 13.0. The first-order chi connectivity index (χ1) is 7.95. The van der Waals surface area contributed by atoms with Gasteiger partial charge in [-0.15, -0.1) is 0 Å². The van der Waals surface area contributed by atoms with Gasteiger partial charge in [-0.1, -0.05) is 0 Å². The van der Waals surface area contributed by atoms with E-state index >= 15 is 0 Å². The van der Waals surface area contributed by atoms with Crippen molar-refractivity contribution < 1.29 is 23.4 Å². The number of aromatic hydroxyl groups is 1. The Morgan fingerprint density at radius 2 is 2.24 bits per heavy atom. The molecule has 1 aromatic heterocycles. The summed E-state index contributed by atoms with van der Waals surface area (Å²) in [7, 11) is 0. The van der Waals surface area contributed by atoms with E-state index in [2.05, 4.69) is 9.72 Å². The number of aryl methyl sites for hydroxylation is 1. The van der Waals surface area contributed by atoms with Crippen LogP contribution in [0.3, 0.4) is 0 Å². The van der Waals surface area contributed by atoms with Gasteiger partial charge in [-0.05, 0) is 19.9 Å². The minimum Gasteiger partial charge on any atom is -0.506 e. The highest BCUT2D eigenvalue weighted by atomic mass is 19.3. The summed E-state index contributed by atoms with van der Waals surface area (Å²) in [4.78, 5) is 15.0. The number of rotatable bonds is 4. The van der Waals surface area contributed by atoms with Gasteiger partial charge >= 0.3 is 5.97 Å². The topological polar surface area (TPSA) is 59.4 Å². The fourth-order valence-electron chi connectivity index (χ4n) is 1.37. The van der Waals surface area contributed by atoms with Crippen LogP contribution in [-0.4, -0.2) is 22.7 Å². The van der Waals surface area contributed by atoms with Crippen LogP contribution in [0.2, 0.25) is 0 Å². The number of aromatic nitrogens is 1. The average molecular weight is 245 g/mol. The highest BCUT2D eigenvalue weighted by Gasteiger charge is 2.18. The Bertz CT molecular complexity index is 421. The standard InChI is InChI=1S/C11H13F2NO3/c1-3-17-9(15)5-7-4-8(11(12)13)10(16)6(2)14-7/h4,11,16H,3,5H2,1-2H3. The molecule has 6 heteroatoms. The SMILES string of the molecule is CCOC(=O)Cc1cc(C(F)F)c(O)c(C)n1. The number of hydrogen-bond donors (Lipinski definition) is 1. The minimum atomic E-state index is -2.81. The van der Waals surface area contributed by atoms with Crippen molar-refractivity contribution in [3.8, 4) is 5.75 Å². The molecule has 0 amide bonds. The van der Waals surface area contributed by atoms with Crippen LogP contribution in [0.4, 0.5) is 8.78 Å². The van der Waals surface area contributed by atoms with Crippen LogP contribution in [0.1, 0.15) is 30.3 Å². The van der Waals surface area contributed by atoms with Crippen molar-refractivity contribution in [1.29, 1.82) is 0 Å². The molecule has 0 saturated heterocycles. The summed E-state index contributed by atoms with van der Waals surface area (Å²) in [5, 5.41) is 9.37. The monoisotopic (exact) mass is 245 g/mol. The molecule has 4 nitrogen and oxygen atoms in total. The van der Waals surface area contributed by atoms with Crippen LogP contribution in [0.25, 0.3) is 0 Å². The van der Waals surface area contributed by atoms with Crippen molar-refractivity contribution in [3.05, 3.63) is 23.0 Å². The maximum Gasteiger partial charge on any atom is 0.311 e. The number of carbonyl (C=O) groups excluding carboxylic acids is 1. The summed E-state index contributed by atoms with van der Waals surface area (Å²) in [5.41, 5.74) is -0.284. The van der Waals surface area contributed by atoms with E-state index in [1.807, 2.05) is 0 Å². The van der Waals surface area contributed by atoms with Gasteiger partial charge in [0, 0.05) is 0 Å². The first kappa shape index (κ1) is 13.3. The second-order valence-electron chi connectivity index (χ2n) is 3.42. The molecule has 17 heavy (non-hydrogen) atoms. The molecular weight excluding hydrogens is 232 g/mol. The van der Waals surface area contributed by atoms with Gasteiger partial charge in [-0.25, -0.2) is 8.78 Å². The van der Waals surface area contributed by atoms with Crippen LogP contribution in [0.5, 0.6) is 5.75 Å². The smallest absolute Gasteiger partial charge is 0.311 e. The number of carbonyl (C=O) groups is 1. The van der Waals surface area contributed by atoms with Gasteiger partial charge in [-0.2, -0.15) is 0 Å². The molecule has 0 saturated carbocycles. The van der Waals surface area contributed by atoms with E-state index in [1.54, 1.807) is 6.92 Å². The third-order valence-corrected chi connectivity index (χ3v) is 2.12. The van der Waals surface area contributed by atoms with Crippen LogP contribution in [0.15, 0.2) is 6.07 Å². The van der Waals surface area contributed by atoms with E-state index in [4.69, 9.17) is 0 Å². The molecule has 94 valence electrons. The van der Waals surface area contributed by atoms with Gasteiger partial charge in [0.1, 0.15) is 5.75 Å². The van der Waals surface area contributed by atoms with Gasteiger partial charge in [0.2, 0.25) is 0 Å². The van der Waals surface area contributed by atoms with Crippen LogP contribution in [0, 0.1) is 6.92 Å². The lowest BCUT2D eigenvalue weighted by atomic mass is 10.1. The zero-order valence-electron chi connectivity index (χ0n) is 9.54. The second-order valence-corrected chi connectivity index (χ2v) is 3.42. The fourth-order valence-corrected chi connectivity index (χ4v) is 1.37. The molecule has 0 radical (unpaired) electrons. The predicted octanol–water partition coefficient (Wildman–Crippen LogP) is 2.14. The number of halogens is 2. The van der Waals surface area contributed by atoms with E-state index in [-0.39, 0.29) is 24.4 Å². The van der Waals surface area contributed by atoms with Gasteiger partial charge in [0.15, 0.2) is 0 Å². The zero-order valence-corrected chi connectivity index (χ0v) is 9.54. The van der Waals surface area contributed by atoms with Crippen molar-refractivity contribution in [3.63, 3.8) is 0 Å². The van der Waals surface area contributed by atoms with Crippen LogP contribution >= 0.6 is 0 Å². The first-order valence-corrected chi connectivity index (χ1v) is 5.08. The van der Waals surface area contributed by atoms with Crippen molar-refractivity contribution in [2.24, 2.45) is 0 Å². The highest BCUT2D eigenvalue weighted by Crippen LogP contribution is 2.30. The Labute approximate surface area is 97.2 Å². The van der Waals surface area contributed by atoms with E-state index < -0.39 is 23.7 Å². The molecule has 0 fully saturated rings. The highest BCUT2D eigenvalue weighted by molar-refractivity contribution is 5.72. The number of pyridine rings is 1. The summed E-state index contributed by atoms with van der Waals surface area (Å²) in [6, 6.07) is 1.02. The number of hydrogen-bond acceptors (Lipinski definition) is 4. The third-order valence-electron chi connectivity index (χ3n) is 2.12. The van der Waals surface area contributed by atoms with Crippen molar-refractivity contribution in [2.45, 2.75) is 26.7 Å². The molecular formula is C11H13F2NO3. The van der Waals surface area contributed by atoms with Crippen molar-refractivity contribution >= 4 is 5.97 Å². The van der Waals surface area contributed by atoms with Crippen LogP contribution in [-0.2, 0) is 16.0 Å². The minimum absolute atomic E-state index is 0.0714. The lowest BCUT2D eigenvalue weighted by molar-refractivity contribution is -0.142. The van der Waals surface area contributed by atoms with E-state index in [0.717, 1.165) is 6.07 Å². The number of ether oxygens (including phenoxy) is 1. The first-order valence-electron chi connectivity index (χ1n) is 5.08. The summed E-state index contributed by atoms with van der Waals surface area (Å²) in [6.45, 7) is 3.27. The molecule has 0 unspecified atom stereocenters. The molecule has 0 spiro atoms. The maximum absolute atomic E-state index is 12.6. The Morgan fingerprint density at radius 1 is 1.59 bits per heavy atom. The van der Waals surface area contributed by atoms with Crippen molar-refractivity contribution in [2.75, 3.05) is 6.61 Å². The van der Waals surface area contributed by atoms with Gasteiger partial charge in [0.25, 0.3) is 6.43 Å². The fraction of sp³-hybridized carbons (Fsp3) is 0.455. The Balaban J connectivity index is 2.98. The summed E-state index contributed by atoms with van der Waals surface area (Å²) in [6.07, 6.45) is -2.99. The lowest BCUT2D eigenvalue weighted by Crippen LogP contribution is -2.10. The van der Waals surface area contributed by atoms with E-state index in [1.165, 1.54) is 6.92 Å². The number of alkyl halides is 2. The maximum atomic E-state index is 12.6. The summed E-state index contributed by atoms with van der Waals surface area (Å²) >= 11 is 0. The second kappa shape index (κ2) is 5.56. The number of esters is 1. The molecule has 0 atom stereocenters. The molecule has 0 bridgehead atoms. The van der Waals surface area contributed by atoms with E-state index in [9.17, 15) is 18.7 Å². The number of nitrogens with zero attached hydrogens (tertiary/aromatic N) is 1. The molecule has 1 aromatic rings. The van der Waals surface area contributed by atoms with Crippen LogP contribution < -0.4 is 0 Å². The molecule has 1 rings (SSSR count). The Hall–Kier alpha value is -1.72. The van der Waals surface area contributed by atoms with Crippen molar-refractivity contribution in [1.82, 2.24) is 4.98 Å². The largest absolute Gasteiger partial charge is 0.506 e. The normalized spacial score (nSPS) is 10.6. The molecule has 0 aliphatic carbocycles. The summed E-state index contributed by atoms with van der Waals surface area (Å²) < 4.78 is 29.8. The lowest BCUT2D eigenvalue weighted by Gasteiger charge is -2.09. The third kappa shape index (κ3) is 3.37. The predicted molar refractivity (Wildman–Crippen MR) is 55.9 cm³/mol. The van der Waals surface area contributed by atoms with Gasteiger partial charge in [0.05, 0.1) is 30.0 Å². The van der Waals surface area contributed by atoms with E-state index in [0.29, 0.717) is 0 Å². The summed E-state index contributed by atoms with van der Waals surface area (Å²) in [5.74, 6) is -1.07. The molecule has 1 heterocycles. The Morgan fingerprint density at radius 3 is 2.76 bits per heavy atom. The van der Waals surface area contributed by atoms with Gasteiger partial charge < -0.3 is 9.84 Å². The molecule has 1 N–H and O–H groups in total. The average Bonchev–Trinajstić information content (AvgIpc) is 2.23. The van der Waals surface area contributed by atoms with Gasteiger partial charge in [-0.3, -0.25) is 9.78 Å². The molecule has 0 aromatic carbocycles.